The van der Waals surface area contributed by atoms with Crippen LogP contribution in [0.5, 0.6) is 5.75 Å². The summed E-state index contributed by atoms with van der Waals surface area (Å²) < 4.78 is 6.74. The van der Waals surface area contributed by atoms with Crippen LogP contribution in [0.15, 0.2) is 83.3 Å². The van der Waals surface area contributed by atoms with Crippen LogP contribution in [0.4, 0.5) is 5.69 Å². The standard InChI is InChI=1S/C21H18BrNO2/c1-23(18-10-3-2-4-11-18)21(24)17-9-7-8-16(14-17)15-25-20-13-6-5-12-19(20)22/h2-14H,15H2,1H3. The third-order valence-corrected chi connectivity index (χ3v) is 4.51. The maximum atomic E-state index is 12.7. The molecular formula is C21H18BrNO2. The molecule has 25 heavy (non-hydrogen) atoms. The number of para-hydroxylation sites is 2. The Hall–Kier alpha value is -2.59. The molecule has 0 saturated heterocycles. The van der Waals surface area contributed by atoms with Gasteiger partial charge in [-0.15, -0.1) is 0 Å². The van der Waals surface area contributed by atoms with Crippen molar-refractivity contribution in [1.82, 2.24) is 0 Å². The van der Waals surface area contributed by atoms with E-state index in [2.05, 4.69) is 15.9 Å². The van der Waals surface area contributed by atoms with Crippen molar-refractivity contribution < 1.29 is 9.53 Å². The molecule has 0 radical (unpaired) electrons. The van der Waals surface area contributed by atoms with Gasteiger partial charge in [0.05, 0.1) is 4.47 Å². The Bertz CT molecular complexity index is 865. The van der Waals surface area contributed by atoms with Crippen molar-refractivity contribution in [3.63, 3.8) is 0 Å². The number of hydrogen-bond acceptors (Lipinski definition) is 2. The molecule has 0 heterocycles. The molecule has 0 aliphatic rings. The van der Waals surface area contributed by atoms with E-state index in [0.717, 1.165) is 21.5 Å². The van der Waals surface area contributed by atoms with Crippen molar-refractivity contribution in [2.45, 2.75) is 6.61 Å². The van der Waals surface area contributed by atoms with Gasteiger partial charge in [-0.2, -0.15) is 0 Å². The Balaban J connectivity index is 1.73. The maximum Gasteiger partial charge on any atom is 0.258 e. The lowest BCUT2D eigenvalue weighted by molar-refractivity contribution is 0.0993. The van der Waals surface area contributed by atoms with E-state index in [-0.39, 0.29) is 5.91 Å². The van der Waals surface area contributed by atoms with Crippen LogP contribution in [0.3, 0.4) is 0 Å². The Morgan fingerprint density at radius 3 is 2.44 bits per heavy atom. The molecule has 0 aliphatic carbocycles. The normalized spacial score (nSPS) is 10.3. The molecule has 3 aromatic rings. The number of anilines is 1. The third kappa shape index (κ3) is 4.28. The Labute approximate surface area is 156 Å². The number of amides is 1. The van der Waals surface area contributed by atoms with Crippen molar-refractivity contribution in [2.75, 3.05) is 11.9 Å². The number of hydrogen-bond donors (Lipinski definition) is 0. The average Bonchev–Trinajstić information content (AvgIpc) is 2.67. The summed E-state index contributed by atoms with van der Waals surface area (Å²) in [5.74, 6) is 0.731. The van der Waals surface area contributed by atoms with Crippen LogP contribution < -0.4 is 9.64 Å². The lowest BCUT2D eigenvalue weighted by atomic mass is 10.1. The summed E-state index contributed by atoms with van der Waals surface area (Å²) in [6.07, 6.45) is 0. The van der Waals surface area contributed by atoms with Crippen LogP contribution >= 0.6 is 15.9 Å². The van der Waals surface area contributed by atoms with Gasteiger partial charge in [-0.25, -0.2) is 0 Å². The van der Waals surface area contributed by atoms with Gasteiger partial charge in [0.15, 0.2) is 0 Å². The number of nitrogens with zero attached hydrogens (tertiary/aromatic N) is 1. The maximum absolute atomic E-state index is 12.7. The molecule has 3 nitrogen and oxygen atoms in total. The zero-order valence-corrected chi connectivity index (χ0v) is 15.4. The van der Waals surface area contributed by atoms with Crippen LogP contribution in [0, 0.1) is 0 Å². The monoisotopic (exact) mass is 395 g/mol. The molecule has 0 spiro atoms. The quantitative estimate of drug-likeness (QED) is 0.586. The van der Waals surface area contributed by atoms with Gasteiger partial charge in [-0.05, 0) is 57.9 Å². The minimum atomic E-state index is -0.0473. The first-order valence-electron chi connectivity index (χ1n) is 7.94. The largest absolute Gasteiger partial charge is 0.488 e. The van der Waals surface area contributed by atoms with Crippen molar-refractivity contribution in [1.29, 1.82) is 0 Å². The van der Waals surface area contributed by atoms with Gasteiger partial charge in [0.25, 0.3) is 5.91 Å². The molecular weight excluding hydrogens is 378 g/mol. The fraction of sp³-hybridized carbons (Fsp3) is 0.0952. The van der Waals surface area contributed by atoms with E-state index in [1.807, 2.05) is 78.9 Å². The molecule has 0 aromatic heterocycles. The van der Waals surface area contributed by atoms with E-state index >= 15 is 0 Å². The highest BCUT2D eigenvalue weighted by molar-refractivity contribution is 9.10. The first-order valence-corrected chi connectivity index (χ1v) is 8.74. The van der Waals surface area contributed by atoms with Crippen molar-refractivity contribution in [3.05, 3.63) is 94.5 Å². The van der Waals surface area contributed by atoms with Gasteiger partial charge in [0, 0.05) is 18.3 Å². The molecule has 0 atom stereocenters. The highest BCUT2D eigenvalue weighted by Crippen LogP contribution is 2.25. The average molecular weight is 396 g/mol. The van der Waals surface area contributed by atoms with Crippen LogP contribution in [0.1, 0.15) is 15.9 Å². The van der Waals surface area contributed by atoms with Crippen LogP contribution in [0.25, 0.3) is 0 Å². The highest BCUT2D eigenvalue weighted by atomic mass is 79.9. The Kier molecular flexibility index (Phi) is 5.51. The summed E-state index contributed by atoms with van der Waals surface area (Å²) in [5.41, 5.74) is 2.45. The summed E-state index contributed by atoms with van der Waals surface area (Å²) in [6.45, 7) is 0.402. The molecule has 0 bridgehead atoms. The number of carbonyl (C=O) groups is 1. The molecule has 1 amide bonds. The lowest BCUT2D eigenvalue weighted by Gasteiger charge is -2.17. The lowest BCUT2D eigenvalue weighted by Crippen LogP contribution is -2.26. The number of benzene rings is 3. The summed E-state index contributed by atoms with van der Waals surface area (Å²) in [5, 5.41) is 0. The minimum absolute atomic E-state index is 0.0473. The first-order chi connectivity index (χ1) is 12.1. The molecule has 0 saturated carbocycles. The van der Waals surface area contributed by atoms with Gasteiger partial charge in [-0.3, -0.25) is 4.79 Å². The second-order valence-electron chi connectivity index (χ2n) is 5.62. The predicted molar refractivity (Wildman–Crippen MR) is 104 cm³/mol. The van der Waals surface area contributed by atoms with Crippen LogP contribution in [-0.4, -0.2) is 13.0 Å². The summed E-state index contributed by atoms with van der Waals surface area (Å²) in [6, 6.07) is 24.8. The molecule has 3 aromatic carbocycles. The van der Waals surface area contributed by atoms with Crippen LogP contribution in [-0.2, 0) is 6.61 Å². The van der Waals surface area contributed by atoms with Crippen molar-refractivity contribution in [3.8, 4) is 5.75 Å². The fourth-order valence-corrected chi connectivity index (χ4v) is 2.88. The zero-order chi connectivity index (χ0) is 17.6. The molecule has 4 heteroatoms. The number of rotatable bonds is 5. The van der Waals surface area contributed by atoms with Crippen molar-refractivity contribution >= 4 is 27.5 Å². The van der Waals surface area contributed by atoms with Crippen LogP contribution in [0.2, 0.25) is 0 Å². The summed E-state index contributed by atoms with van der Waals surface area (Å²) >= 11 is 3.47. The number of ether oxygens (including phenoxy) is 1. The molecule has 3 rings (SSSR count). The number of carbonyl (C=O) groups excluding carboxylic acids is 1. The van der Waals surface area contributed by atoms with Gasteiger partial charge < -0.3 is 9.64 Å². The summed E-state index contributed by atoms with van der Waals surface area (Å²) in [4.78, 5) is 14.3. The molecule has 0 N–H and O–H groups in total. The molecule has 0 aliphatic heterocycles. The van der Waals surface area contributed by atoms with Crippen molar-refractivity contribution in [2.24, 2.45) is 0 Å². The highest BCUT2D eigenvalue weighted by Gasteiger charge is 2.13. The minimum Gasteiger partial charge on any atom is -0.488 e. The van der Waals surface area contributed by atoms with Gasteiger partial charge >= 0.3 is 0 Å². The second-order valence-corrected chi connectivity index (χ2v) is 6.47. The molecule has 0 fully saturated rings. The molecule has 0 unspecified atom stereocenters. The smallest absolute Gasteiger partial charge is 0.258 e. The van der Waals surface area contributed by atoms with E-state index in [1.54, 1.807) is 11.9 Å². The number of halogens is 1. The van der Waals surface area contributed by atoms with E-state index < -0.39 is 0 Å². The van der Waals surface area contributed by atoms with Gasteiger partial charge in [0.1, 0.15) is 12.4 Å². The second kappa shape index (κ2) is 7.99. The zero-order valence-electron chi connectivity index (χ0n) is 13.9. The predicted octanol–water partition coefficient (Wildman–Crippen LogP) is 5.30. The topological polar surface area (TPSA) is 29.5 Å². The van der Waals surface area contributed by atoms with E-state index in [0.29, 0.717) is 12.2 Å². The Morgan fingerprint density at radius 2 is 1.68 bits per heavy atom. The molecule has 126 valence electrons. The van der Waals surface area contributed by atoms with Gasteiger partial charge in [0.2, 0.25) is 0 Å². The van der Waals surface area contributed by atoms with E-state index in [4.69, 9.17) is 4.74 Å². The summed E-state index contributed by atoms with van der Waals surface area (Å²) in [7, 11) is 1.78. The third-order valence-electron chi connectivity index (χ3n) is 3.85. The first kappa shape index (κ1) is 17.2. The SMILES string of the molecule is CN(C(=O)c1cccc(COc2ccccc2Br)c1)c1ccccc1. The van der Waals surface area contributed by atoms with E-state index in [9.17, 15) is 4.79 Å². The van der Waals surface area contributed by atoms with E-state index in [1.165, 1.54) is 0 Å². The van der Waals surface area contributed by atoms with Gasteiger partial charge in [-0.1, -0.05) is 42.5 Å². The fourth-order valence-electron chi connectivity index (χ4n) is 2.48. The Morgan fingerprint density at radius 1 is 0.960 bits per heavy atom.